The first-order valence-corrected chi connectivity index (χ1v) is 14.0. The minimum Gasteiger partial charge on any atom is -0.481 e. The summed E-state index contributed by atoms with van der Waals surface area (Å²) in [6.45, 7) is 6.49. The average molecular weight is 540 g/mol. The molecule has 0 fully saturated rings. The number of methoxy groups -OCH3 is 1. The SMILES string of the molecule is CCCc1cc(C(=O)N2CCN(Cc3ccccc3)CCCNc3ccc(-c4ccc(OC)nc4)cc3C2)no1. The Balaban J connectivity index is 1.44. The molecule has 5 rings (SSSR count). The van der Waals surface area contributed by atoms with Gasteiger partial charge in [0.25, 0.3) is 5.91 Å². The van der Waals surface area contributed by atoms with Crippen molar-refractivity contribution < 1.29 is 14.1 Å². The summed E-state index contributed by atoms with van der Waals surface area (Å²) in [5, 5.41) is 7.76. The van der Waals surface area contributed by atoms with Crippen LogP contribution < -0.4 is 10.1 Å². The molecule has 8 heteroatoms. The topological polar surface area (TPSA) is 83.7 Å². The first kappa shape index (κ1) is 27.4. The highest BCUT2D eigenvalue weighted by molar-refractivity contribution is 5.92. The summed E-state index contributed by atoms with van der Waals surface area (Å²) in [7, 11) is 1.61. The van der Waals surface area contributed by atoms with Gasteiger partial charge in [0.1, 0.15) is 5.76 Å². The smallest absolute Gasteiger partial charge is 0.276 e. The Hall–Kier alpha value is -4.17. The number of nitrogens with one attached hydrogen (secondary N) is 1. The molecule has 0 saturated carbocycles. The van der Waals surface area contributed by atoms with Gasteiger partial charge in [0.2, 0.25) is 5.88 Å². The number of anilines is 1. The van der Waals surface area contributed by atoms with Gasteiger partial charge >= 0.3 is 0 Å². The van der Waals surface area contributed by atoms with Crippen molar-refractivity contribution in [2.24, 2.45) is 0 Å². The van der Waals surface area contributed by atoms with E-state index in [1.54, 1.807) is 13.2 Å². The maximum atomic E-state index is 13.8. The Morgan fingerprint density at radius 3 is 2.65 bits per heavy atom. The van der Waals surface area contributed by atoms with E-state index >= 15 is 0 Å². The summed E-state index contributed by atoms with van der Waals surface area (Å²) >= 11 is 0. The molecular weight excluding hydrogens is 502 g/mol. The Labute approximate surface area is 236 Å². The van der Waals surface area contributed by atoms with Crippen LogP contribution in [0.5, 0.6) is 5.88 Å². The van der Waals surface area contributed by atoms with Crippen molar-refractivity contribution in [3.63, 3.8) is 0 Å². The van der Waals surface area contributed by atoms with Crippen molar-refractivity contribution in [3.8, 4) is 17.0 Å². The van der Waals surface area contributed by atoms with E-state index in [4.69, 9.17) is 9.26 Å². The fourth-order valence-corrected chi connectivity index (χ4v) is 5.05. The van der Waals surface area contributed by atoms with E-state index in [1.807, 2.05) is 29.3 Å². The van der Waals surface area contributed by atoms with Crippen LogP contribution in [0.1, 0.15) is 47.1 Å². The number of aryl methyl sites for hydroxylation is 1. The number of benzene rings is 2. The Bertz CT molecular complexity index is 1390. The minimum absolute atomic E-state index is 0.118. The fraction of sp³-hybridized carbons (Fsp3) is 0.344. The predicted octanol–water partition coefficient (Wildman–Crippen LogP) is 5.66. The lowest BCUT2D eigenvalue weighted by molar-refractivity contribution is 0.0709. The second-order valence-electron chi connectivity index (χ2n) is 10.2. The third-order valence-electron chi connectivity index (χ3n) is 7.21. The number of rotatable bonds is 7. The van der Waals surface area contributed by atoms with Crippen molar-refractivity contribution in [1.82, 2.24) is 19.9 Å². The van der Waals surface area contributed by atoms with Crippen LogP contribution in [-0.4, -0.2) is 59.1 Å². The van der Waals surface area contributed by atoms with Gasteiger partial charge in [-0.15, -0.1) is 0 Å². The standard InChI is InChI=1S/C32H37N5O3/c1-3-8-28-20-30(35-40-28)32(38)37-18-17-36(22-24-9-5-4-6-10-24)16-7-15-33-29-13-11-25(19-27(29)23-37)26-12-14-31(39-2)34-21-26/h4-6,9-14,19-21,33H,3,7-8,15-18,22-23H2,1-2H3. The normalized spacial score (nSPS) is 14.6. The van der Waals surface area contributed by atoms with Gasteiger partial charge in [0.05, 0.1) is 7.11 Å². The van der Waals surface area contributed by atoms with Gasteiger partial charge in [-0.3, -0.25) is 9.69 Å². The number of hydrogen-bond donors (Lipinski definition) is 1. The molecule has 0 bridgehead atoms. The third-order valence-corrected chi connectivity index (χ3v) is 7.21. The van der Waals surface area contributed by atoms with Crippen molar-refractivity contribution in [2.75, 3.05) is 38.6 Å². The maximum Gasteiger partial charge on any atom is 0.276 e. The van der Waals surface area contributed by atoms with Crippen LogP contribution >= 0.6 is 0 Å². The summed E-state index contributed by atoms with van der Waals surface area (Å²) in [5.74, 6) is 1.20. The number of amides is 1. The zero-order valence-corrected chi connectivity index (χ0v) is 23.3. The number of hydrogen-bond acceptors (Lipinski definition) is 7. The molecule has 3 heterocycles. The molecule has 40 heavy (non-hydrogen) atoms. The molecule has 0 unspecified atom stereocenters. The average Bonchev–Trinajstić information content (AvgIpc) is 3.45. The first-order valence-electron chi connectivity index (χ1n) is 14.0. The van der Waals surface area contributed by atoms with Crippen LogP contribution in [-0.2, 0) is 19.5 Å². The van der Waals surface area contributed by atoms with Crippen LogP contribution in [0.25, 0.3) is 11.1 Å². The van der Waals surface area contributed by atoms with Gasteiger partial charge < -0.3 is 19.5 Å². The van der Waals surface area contributed by atoms with E-state index in [2.05, 4.69) is 69.7 Å². The van der Waals surface area contributed by atoms with E-state index in [1.165, 1.54) is 5.56 Å². The molecule has 208 valence electrons. The number of nitrogens with zero attached hydrogens (tertiary/aromatic N) is 4. The minimum atomic E-state index is -0.118. The summed E-state index contributed by atoms with van der Waals surface area (Å²) in [4.78, 5) is 22.5. The van der Waals surface area contributed by atoms with Crippen molar-refractivity contribution in [2.45, 2.75) is 39.3 Å². The van der Waals surface area contributed by atoms with E-state index in [9.17, 15) is 4.79 Å². The monoisotopic (exact) mass is 539 g/mol. The number of fused-ring (bicyclic) bond motifs is 1. The van der Waals surface area contributed by atoms with E-state index in [-0.39, 0.29) is 5.91 Å². The van der Waals surface area contributed by atoms with Gasteiger partial charge in [-0.05, 0) is 47.7 Å². The number of pyridine rings is 1. The van der Waals surface area contributed by atoms with Gasteiger partial charge in [-0.2, -0.15) is 0 Å². The molecule has 0 spiro atoms. The van der Waals surface area contributed by atoms with Crippen LogP contribution in [0.3, 0.4) is 0 Å². The number of ether oxygens (including phenoxy) is 1. The van der Waals surface area contributed by atoms with Crippen LogP contribution in [0.2, 0.25) is 0 Å². The highest BCUT2D eigenvalue weighted by Crippen LogP contribution is 2.28. The van der Waals surface area contributed by atoms with Crippen LogP contribution in [0, 0.1) is 0 Å². The first-order chi connectivity index (χ1) is 19.6. The molecule has 1 aliphatic rings. The van der Waals surface area contributed by atoms with Crippen molar-refractivity contribution >= 4 is 11.6 Å². The molecule has 0 atom stereocenters. The fourth-order valence-electron chi connectivity index (χ4n) is 5.05. The summed E-state index contributed by atoms with van der Waals surface area (Å²) in [5.41, 5.74) is 5.74. The predicted molar refractivity (Wildman–Crippen MR) is 156 cm³/mol. The number of carbonyl (C=O) groups excluding carboxylic acids is 1. The Morgan fingerprint density at radius 2 is 1.88 bits per heavy atom. The molecule has 0 saturated heterocycles. The second-order valence-corrected chi connectivity index (χ2v) is 10.2. The van der Waals surface area contributed by atoms with E-state index in [0.717, 1.165) is 73.6 Å². The summed E-state index contributed by atoms with van der Waals surface area (Å²) in [6, 6.07) is 22.5. The summed E-state index contributed by atoms with van der Waals surface area (Å²) in [6.07, 6.45) is 4.50. The van der Waals surface area contributed by atoms with Crippen molar-refractivity contribution in [1.29, 1.82) is 0 Å². The molecule has 1 amide bonds. The summed E-state index contributed by atoms with van der Waals surface area (Å²) < 4.78 is 10.7. The Kier molecular flexibility index (Phi) is 9.08. The third kappa shape index (κ3) is 6.87. The largest absolute Gasteiger partial charge is 0.481 e. The second kappa shape index (κ2) is 13.3. The van der Waals surface area contributed by atoms with Gasteiger partial charge in [0, 0.05) is 75.3 Å². The highest BCUT2D eigenvalue weighted by atomic mass is 16.5. The zero-order valence-electron chi connectivity index (χ0n) is 23.3. The van der Waals surface area contributed by atoms with Gasteiger partial charge in [-0.25, -0.2) is 4.98 Å². The molecule has 8 nitrogen and oxygen atoms in total. The quantitative estimate of drug-likeness (QED) is 0.325. The lowest BCUT2D eigenvalue weighted by atomic mass is 10.0. The molecule has 0 radical (unpaired) electrons. The maximum absolute atomic E-state index is 13.8. The highest BCUT2D eigenvalue weighted by Gasteiger charge is 2.23. The molecule has 2 aromatic carbocycles. The molecule has 1 N–H and O–H groups in total. The van der Waals surface area contributed by atoms with E-state index < -0.39 is 0 Å². The molecular formula is C32H37N5O3. The van der Waals surface area contributed by atoms with Gasteiger partial charge in [-0.1, -0.05) is 48.5 Å². The molecule has 2 aromatic heterocycles. The van der Waals surface area contributed by atoms with Gasteiger partial charge in [0.15, 0.2) is 5.69 Å². The zero-order chi connectivity index (χ0) is 27.7. The molecule has 0 aliphatic carbocycles. The van der Waals surface area contributed by atoms with Crippen LogP contribution in [0.4, 0.5) is 5.69 Å². The molecule has 4 aromatic rings. The number of carbonyl (C=O) groups is 1. The molecule has 1 aliphatic heterocycles. The lowest BCUT2D eigenvalue weighted by Gasteiger charge is -2.27. The lowest BCUT2D eigenvalue weighted by Crippen LogP contribution is -2.38. The number of aromatic nitrogens is 2. The van der Waals surface area contributed by atoms with Crippen molar-refractivity contribution in [3.05, 3.63) is 95.5 Å². The van der Waals surface area contributed by atoms with E-state index in [0.29, 0.717) is 24.7 Å². The van der Waals surface area contributed by atoms with Crippen LogP contribution in [0.15, 0.2) is 77.4 Å². The Morgan fingerprint density at radius 1 is 1.02 bits per heavy atom.